The molecule has 1 aliphatic rings. The van der Waals surface area contributed by atoms with Gasteiger partial charge >= 0.3 is 0 Å². The number of likely N-dealkylation sites (N-methyl/N-ethyl adjacent to an activating group) is 1. The Hall–Kier alpha value is -3.76. The fourth-order valence-corrected chi connectivity index (χ4v) is 4.18. The van der Waals surface area contributed by atoms with Gasteiger partial charge < -0.3 is 20.3 Å². The van der Waals surface area contributed by atoms with Crippen molar-refractivity contribution in [1.29, 1.82) is 0 Å². The molecule has 0 saturated carbocycles. The Balaban J connectivity index is 1.31. The zero-order valence-corrected chi connectivity index (χ0v) is 20.1. The molecule has 1 aliphatic heterocycles. The van der Waals surface area contributed by atoms with Gasteiger partial charge in [-0.15, -0.1) is 5.10 Å². The summed E-state index contributed by atoms with van der Waals surface area (Å²) in [4.78, 5) is 26.7. The van der Waals surface area contributed by atoms with Crippen LogP contribution in [-0.2, 0) is 4.79 Å². The number of aromatic nitrogens is 4. The smallest absolute Gasteiger partial charge is 0.239 e. The van der Waals surface area contributed by atoms with Gasteiger partial charge in [0, 0.05) is 50.2 Å². The number of benzene rings is 2. The van der Waals surface area contributed by atoms with Crippen LogP contribution in [0.3, 0.4) is 0 Å². The highest BCUT2D eigenvalue weighted by atomic mass is 16.5. The van der Waals surface area contributed by atoms with Gasteiger partial charge in [-0.3, -0.25) is 9.69 Å². The normalized spacial score (nSPS) is 14.9. The second-order valence-electron chi connectivity index (χ2n) is 8.70. The van der Waals surface area contributed by atoms with Gasteiger partial charge in [-0.1, -0.05) is 12.1 Å². The van der Waals surface area contributed by atoms with Crippen LogP contribution in [0.5, 0.6) is 5.75 Å². The number of nitrogens with zero attached hydrogens (tertiary/aromatic N) is 6. The van der Waals surface area contributed by atoms with Crippen LogP contribution in [-0.4, -0.2) is 95.3 Å². The number of rotatable bonds is 8. The Labute approximate surface area is 203 Å². The van der Waals surface area contributed by atoms with Crippen molar-refractivity contribution in [3.8, 4) is 17.1 Å². The number of methoxy groups -OCH3 is 1. The Morgan fingerprint density at radius 2 is 1.80 bits per heavy atom. The molecular weight excluding hydrogens is 444 g/mol. The van der Waals surface area contributed by atoms with E-state index in [0.717, 1.165) is 54.9 Å². The zero-order valence-electron chi connectivity index (χ0n) is 20.1. The van der Waals surface area contributed by atoms with Crippen LogP contribution in [0.2, 0.25) is 0 Å². The third-order valence-electron chi connectivity index (χ3n) is 6.28. The molecule has 1 amide bonds. The van der Waals surface area contributed by atoms with E-state index in [1.54, 1.807) is 11.6 Å². The highest BCUT2D eigenvalue weighted by Crippen LogP contribution is 2.25. The fraction of sp³-hybridized carbons (Fsp3) is 0.360. The lowest BCUT2D eigenvalue weighted by atomic mass is 10.2. The molecule has 0 radical (unpaired) electrons. The largest absolute Gasteiger partial charge is 0.497 e. The molecular formula is C25H30N8O2. The molecule has 10 nitrogen and oxygen atoms in total. The third-order valence-corrected chi connectivity index (χ3v) is 6.28. The van der Waals surface area contributed by atoms with Gasteiger partial charge in [0.25, 0.3) is 0 Å². The fourth-order valence-electron chi connectivity index (χ4n) is 4.18. The van der Waals surface area contributed by atoms with E-state index >= 15 is 0 Å². The molecule has 0 unspecified atom stereocenters. The highest BCUT2D eigenvalue weighted by Gasteiger charge is 2.16. The number of amides is 1. The van der Waals surface area contributed by atoms with E-state index in [2.05, 4.69) is 27.5 Å². The number of hydrogen-bond donors (Lipinski definition) is 2. The summed E-state index contributed by atoms with van der Waals surface area (Å²) in [5, 5.41) is 11.7. The first-order valence-corrected chi connectivity index (χ1v) is 11.8. The summed E-state index contributed by atoms with van der Waals surface area (Å²) in [6.45, 7) is 5.77. The molecule has 0 spiro atoms. The molecule has 35 heavy (non-hydrogen) atoms. The number of carbonyl (C=O) groups excluding carboxylic acids is 1. The lowest BCUT2D eigenvalue weighted by molar-refractivity contribution is -0.119. The Bertz CT molecular complexity index is 1310. The van der Waals surface area contributed by atoms with E-state index in [4.69, 9.17) is 19.8 Å². The summed E-state index contributed by atoms with van der Waals surface area (Å²) in [6.07, 6.45) is 0. The molecule has 2 N–H and O–H groups in total. The van der Waals surface area contributed by atoms with Crippen molar-refractivity contribution in [1.82, 2.24) is 34.7 Å². The molecule has 0 atom stereocenters. The first kappa shape index (κ1) is 23.0. The Kier molecular flexibility index (Phi) is 6.73. The molecule has 4 aromatic rings. The maximum Gasteiger partial charge on any atom is 0.239 e. The first-order valence-electron chi connectivity index (χ1n) is 11.8. The van der Waals surface area contributed by atoms with Crippen LogP contribution in [0.4, 0.5) is 5.95 Å². The van der Waals surface area contributed by atoms with Crippen molar-refractivity contribution < 1.29 is 9.53 Å². The lowest BCUT2D eigenvalue weighted by Gasteiger charge is -2.32. The average Bonchev–Trinajstić information content (AvgIpc) is 3.34. The third kappa shape index (κ3) is 5.18. The Morgan fingerprint density at radius 1 is 1.03 bits per heavy atom. The topological polar surface area (TPSA) is 99.9 Å². The van der Waals surface area contributed by atoms with E-state index in [1.165, 1.54) is 0 Å². The maximum absolute atomic E-state index is 12.5. The molecule has 1 fully saturated rings. The van der Waals surface area contributed by atoms with Gasteiger partial charge in [0.05, 0.1) is 19.2 Å². The summed E-state index contributed by atoms with van der Waals surface area (Å²) >= 11 is 0. The minimum Gasteiger partial charge on any atom is -0.497 e. The minimum atomic E-state index is -0.0854. The first-order chi connectivity index (χ1) is 17.1. The highest BCUT2D eigenvalue weighted by molar-refractivity contribution is 5.93. The van der Waals surface area contributed by atoms with Gasteiger partial charge in [-0.05, 0) is 43.4 Å². The van der Waals surface area contributed by atoms with Crippen LogP contribution in [0.15, 0.2) is 48.5 Å². The predicted octanol–water partition coefficient (Wildman–Crippen LogP) is 1.73. The molecule has 182 valence electrons. The molecule has 5 rings (SSSR count). The zero-order chi connectivity index (χ0) is 24.2. The van der Waals surface area contributed by atoms with Crippen molar-refractivity contribution in [2.75, 3.05) is 65.3 Å². The molecule has 0 bridgehead atoms. The standard InChI is InChI=1S/C25H30N8O2/c1-31-13-15-32(16-14-31)12-11-26-22(34)17-27-25-28-21-6-4-3-5-20(21)24-29-23(30-33(24)25)18-7-9-19(35-2)10-8-18/h3-10H,11-17H2,1-2H3,(H,26,34)(H,27,28). The second kappa shape index (κ2) is 10.2. The van der Waals surface area contributed by atoms with Crippen LogP contribution in [0, 0.1) is 0 Å². The van der Waals surface area contributed by atoms with Crippen LogP contribution >= 0.6 is 0 Å². The van der Waals surface area contributed by atoms with E-state index in [-0.39, 0.29) is 12.5 Å². The lowest BCUT2D eigenvalue weighted by Crippen LogP contribution is -2.47. The number of carbonyl (C=O) groups is 1. The number of ether oxygens (including phenoxy) is 1. The monoisotopic (exact) mass is 474 g/mol. The Morgan fingerprint density at radius 3 is 2.57 bits per heavy atom. The minimum absolute atomic E-state index is 0.0854. The summed E-state index contributed by atoms with van der Waals surface area (Å²) in [6, 6.07) is 15.4. The van der Waals surface area contributed by atoms with Crippen molar-refractivity contribution in [3.05, 3.63) is 48.5 Å². The van der Waals surface area contributed by atoms with Crippen molar-refractivity contribution in [2.45, 2.75) is 0 Å². The van der Waals surface area contributed by atoms with E-state index in [9.17, 15) is 4.79 Å². The summed E-state index contributed by atoms with van der Waals surface area (Å²) < 4.78 is 6.92. The van der Waals surface area contributed by atoms with Crippen molar-refractivity contribution in [3.63, 3.8) is 0 Å². The van der Waals surface area contributed by atoms with Gasteiger partial charge in [0.15, 0.2) is 11.5 Å². The molecule has 2 aromatic heterocycles. The molecule has 3 heterocycles. The number of hydrogen-bond acceptors (Lipinski definition) is 8. The van der Waals surface area contributed by atoms with Gasteiger partial charge in [0.1, 0.15) is 5.75 Å². The van der Waals surface area contributed by atoms with E-state index < -0.39 is 0 Å². The number of piperazine rings is 1. The predicted molar refractivity (Wildman–Crippen MR) is 136 cm³/mol. The van der Waals surface area contributed by atoms with Crippen LogP contribution in [0.1, 0.15) is 0 Å². The summed E-state index contributed by atoms with van der Waals surface area (Å²) in [5.74, 6) is 1.73. The average molecular weight is 475 g/mol. The molecule has 1 saturated heterocycles. The maximum atomic E-state index is 12.5. The van der Waals surface area contributed by atoms with Gasteiger partial charge in [-0.25, -0.2) is 9.97 Å². The second-order valence-corrected chi connectivity index (χ2v) is 8.70. The quantitative estimate of drug-likeness (QED) is 0.398. The van der Waals surface area contributed by atoms with Crippen LogP contribution in [0.25, 0.3) is 27.9 Å². The summed E-state index contributed by atoms with van der Waals surface area (Å²) in [5.41, 5.74) is 2.33. The SMILES string of the molecule is COc1ccc(-c2nc3c4ccccc4nc(NCC(=O)NCCN4CCN(C)CC4)n3n2)cc1. The number of nitrogens with one attached hydrogen (secondary N) is 2. The van der Waals surface area contributed by atoms with Gasteiger partial charge in [0.2, 0.25) is 11.9 Å². The molecule has 0 aliphatic carbocycles. The molecule has 10 heteroatoms. The van der Waals surface area contributed by atoms with E-state index in [0.29, 0.717) is 24.0 Å². The summed E-state index contributed by atoms with van der Waals surface area (Å²) in [7, 11) is 3.77. The van der Waals surface area contributed by atoms with E-state index in [1.807, 2.05) is 48.5 Å². The van der Waals surface area contributed by atoms with Gasteiger partial charge in [-0.2, -0.15) is 4.52 Å². The molecule has 2 aromatic carbocycles. The number of anilines is 1. The number of fused-ring (bicyclic) bond motifs is 3. The van der Waals surface area contributed by atoms with Crippen molar-refractivity contribution >= 4 is 28.4 Å². The van der Waals surface area contributed by atoms with Crippen LogP contribution < -0.4 is 15.4 Å². The van der Waals surface area contributed by atoms with Crippen molar-refractivity contribution in [2.24, 2.45) is 0 Å². The number of para-hydroxylation sites is 1.